The first kappa shape index (κ1) is 30.0. The van der Waals surface area contributed by atoms with Crippen LogP contribution in [-0.2, 0) is 10.8 Å². The molecule has 0 radical (unpaired) electrons. The fourth-order valence-electron chi connectivity index (χ4n) is 8.01. The van der Waals surface area contributed by atoms with Crippen molar-refractivity contribution in [1.82, 2.24) is 0 Å². The van der Waals surface area contributed by atoms with Crippen molar-refractivity contribution < 1.29 is 9.90 Å². The molecule has 6 aromatic carbocycles. The molecular weight excluding hydrogens is 587 g/mol. The van der Waals surface area contributed by atoms with Crippen LogP contribution < -0.4 is 4.90 Å². The number of benzene rings is 6. The van der Waals surface area contributed by atoms with E-state index in [0.717, 1.165) is 28.2 Å². The van der Waals surface area contributed by atoms with Crippen molar-refractivity contribution in [3.63, 3.8) is 0 Å². The average Bonchev–Trinajstić information content (AvgIpc) is 3.43. The summed E-state index contributed by atoms with van der Waals surface area (Å²) in [4.78, 5) is 13.8. The zero-order chi connectivity index (χ0) is 33.5. The molecule has 0 unspecified atom stereocenters. The lowest BCUT2D eigenvalue weighted by molar-refractivity contribution is 0.0697. The van der Waals surface area contributed by atoms with Gasteiger partial charge in [0.2, 0.25) is 0 Å². The number of aromatic carboxylic acids is 1. The first-order valence-corrected chi connectivity index (χ1v) is 16.7. The molecule has 0 spiro atoms. The third-order valence-electron chi connectivity index (χ3n) is 10.7. The monoisotopic (exact) mass is 625 g/mol. The fourth-order valence-corrected chi connectivity index (χ4v) is 8.01. The van der Waals surface area contributed by atoms with Gasteiger partial charge in [0.05, 0.1) is 5.56 Å². The molecule has 1 N–H and O–H groups in total. The summed E-state index contributed by atoms with van der Waals surface area (Å²) in [6.45, 7) is 13.7. The number of carbonyl (C=O) groups is 1. The van der Waals surface area contributed by atoms with E-state index in [-0.39, 0.29) is 16.4 Å². The smallest absolute Gasteiger partial charge is 0.335 e. The van der Waals surface area contributed by atoms with Gasteiger partial charge in [-0.05, 0) is 118 Å². The molecule has 3 nitrogen and oxygen atoms in total. The standard InChI is InChI=1S/C45H39NO2/c1-27-7-19-35-37-21-17-33(25-41(37)44(3,4)39(35)23-27)46(32-15-13-30(14-16-32)29-9-11-31(12-10-29)43(47)48)34-18-22-38-36-20-8-28(2)24-40(36)45(5,6)42(38)26-34/h7-26H,1-6H3,(H,47,48). The molecule has 0 aromatic heterocycles. The molecule has 48 heavy (non-hydrogen) atoms. The number of fused-ring (bicyclic) bond motifs is 6. The van der Waals surface area contributed by atoms with Crippen LogP contribution in [0.25, 0.3) is 33.4 Å². The summed E-state index contributed by atoms with van der Waals surface area (Å²) >= 11 is 0. The summed E-state index contributed by atoms with van der Waals surface area (Å²) in [5, 5.41) is 9.36. The van der Waals surface area contributed by atoms with Gasteiger partial charge < -0.3 is 10.0 Å². The summed E-state index contributed by atoms with van der Waals surface area (Å²) < 4.78 is 0. The Morgan fingerprint density at radius 3 is 1.25 bits per heavy atom. The maximum atomic E-state index is 11.4. The zero-order valence-electron chi connectivity index (χ0n) is 28.3. The average molecular weight is 626 g/mol. The van der Waals surface area contributed by atoms with E-state index in [4.69, 9.17) is 0 Å². The molecule has 0 amide bonds. The van der Waals surface area contributed by atoms with Gasteiger partial charge in [-0.2, -0.15) is 0 Å². The number of rotatable bonds is 5. The number of carboxylic acids is 1. The Morgan fingerprint density at radius 1 is 0.479 bits per heavy atom. The highest BCUT2D eigenvalue weighted by Crippen LogP contribution is 2.53. The zero-order valence-corrected chi connectivity index (χ0v) is 28.3. The minimum atomic E-state index is -0.918. The van der Waals surface area contributed by atoms with Gasteiger partial charge in [-0.25, -0.2) is 4.79 Å². The van der Waals surface area contributed by atoms with Gasteiger partial charge in [-0.3, -0.25) is 0 Å². The maximum Gasteiger partial charge on any atom is 0.335 e. The van der Waals surface area contributed by atoms with Crippen molar-refractivity contribution in [1.29, 1.82) is 0 Å². The maximum absolute atomic E-state index is 11.4. The quantitative estimate of drug-likeness (QED) is 0.207. The van der Waals surface area contributed by atoms with Gasteiger partial charge in [0.1, 0.15) is 0 Å². The molecule has 2 aliphatic carbocycles. The molecule has 0 aliphatic heterocycles. The molecule has 0 fully saturated rings. The molecule has 0 heterocycles. The molecule has 236 valence electrons. The summed E-state index contributed by atoms with van der Waals surface area (Å²) in [7, 11) is 0. The van der Waals surface area contributed by atoms with Crippen molar-refractivity contribution in [2.45, 2.75) is 52.4 Å². The van der Waals surface area contributed by atoms with Crippen LogP contribution in [0.15, 0.2) is 121 Å². The molecule has 6 aromatic rings. The highest BCUT2D eigenvalue weighted by molar-refractivity contribution is 5.90. The normalized spacial score (nSPS) is 14.5. The van der Waals surface area contributed by atoms with E-state index < -0.39 is 5.97 Å². The van der Waals surface area contributed by atoms with Gasteiger partial charge in [0.25, 0.3) is 0 Å². The Hall–Kier alpha value is -5.41. The Morgan fingerprint density at radius 2 is 0.833 bits per heavy atom. The highest BCUT2D eigenvalue weighted by Gasteiger charge is 2.38. The molecule has 0 saturated carbocycles. The van der Waals surface area contributed by atoms with E-state index in [1.54, 1.807) is 12.1 Å². The molecule has 0 bridgehead atoms. The lowest BCUT2D eigenvalue weighted by atomic mass is 9.81. The van der Waals surface area contributed by atoms with Crippen molar-refractivity contribution in [2.24, 2.45) is 0 Å². The number of carboxylic acid groups (broad SMARTS) is 1. The summed E-state index contributed by atoms with van der Waals surface area (Å²) in [6, 6.07) is 43.3. The third kappa shape index (κ3) is 4.52. The van der Waals surface area contributed by atoms with E-state index in [0.29, 0.717) is 0 Å². The third-order valence-corrected chi connectivity index (χ3v) is 10.7. The Labute approximate surface area is 283 Å². The molecular formula is C45H39NO2. The van der Waals surface area contributed by atoms with Crippen LogP contribution in [0.4, 0.5) is 17.1 Å². The Balaban J connectivity index is 1.27. The van der Waals surface area contributed by atoms with Crippen molar-refractivity contribution in [2.75, 3.05) is 4.90 Å². The van der Waals surface area contributed by atoms with Crippen LogP contribution in [-0.4, -0.2) is 11.1 Å². The molecule has 0 saturated heterocycles. The van der Waals surface area contributed by atoms with E-state index in [1.807, 2.05) is 12.1 Å². The van der Waals surface area contributed by atoms with E-state index >= 15 is 0 Å². The van der Waals surface area contributed by atoms with Crippen molar-refractivity contribution >= 4 is 23.0 Å². The Bertz CT molecular complexity index is 2160. The van der Waals surface area contributed by atoms with Gasteiger partial charge in [-0.15, -0.1) is 0 Å². The minimum absolute atomic E-state index is 0.121. The van der Waals surface area contributed by atoms with Crippen molar-refractivity contribution in [3.05, 3.63) is 160 Å². The fraction of sp³-hybridized carbons (Fsp3) is 0.178. The number of anilines is 3. The van der Waals surface area contributed by atoms with Crippen molar-refractivity contribution in [3.8, 4) is 33.4 Å². The van der Waals surface area contributed by atoms with E-state index in [9.17, 15) is 9.90 Å². The first-order chi connectivity index (χ1) is 22.9. The van der Waals surface area contributed by atoms with E-state index in [1.165, 1.54) is 55.6 Å². The highest BCUT2D eigenvalue weighted by atomic mass is 16.4. The van der Waals surface area contributed by atoms with Crippen LogP contribution in [0.3, 0.4) is 0 Å². The molecule has 3 heteroatoms. The second-order valence-corrected chi connectivity index (χ2v) is 14.6. The molecule has 0 atom stereocenters. The summed E-state index contributed by atoms with van der Waals surface area (Å²) in [6.07, 6.45) is 0. The largest absolute Gasteiger partial charge is 0.478 e. The van der Waals surface area contributed by atoms with Gasteiger partial charge >= 0.3 is 5.97 Å². The molecule has 2 aliphatic rings. The lowest BCUT2D eigenvalue weighted by Crippen LogP contribution is -2.18. The predicted molar refractivity (Wildman–Crippen MR) is 198 cm³/mol. The summed E-state index contributed by atoms with van der Waals surface area (Å²) in [5.41, 5.74) is 18.6. The lowest BCUT2D eigenvalue weighted by Gasteiger charge is -2.30. The van der Waals surface area contributed by atoms with Crippen LogP contribution in [0.2, 0.25) is 0 Å². The van der Waals surface area contributed by atoms with Crippen LogP contribution in [0, 0.1) is 13.8 Å². The number of nitrogens with zero attached hydrogens (tertiary/aromatic N) is 1. The van der Waals surface area contributed by atoms with Gasteiger partial charge in [-0.1, -0.05) is 112 Å². The Kier molecular flexibility index (Phi) is 6.58. The van der Waals surface area contributed by atoms with Crippen LogP contribution in [0.1, 0.15) is 71.4 Å². The second-order valence-electron chi connectivity index (χ2n) is 14.6. The topological polar surface area (TPSA) is 40.5 Å². The van der Waals surface area contributed by atoms with Crippen LogP contribution >= 0.6 is 0 Å². The second kappa shape index (κ2) is 10.6. The van der Waals surface area contributed by atoms with E-state index in [2.05, 4.69) is 144 Å². The summed E-state index contributed by atoms with van der Waals surface area (Å²) in [5.74, 6) is -0.918. The number of hydrogen-bond donors (Lipinski definition) is 1. The van der Waals surface area contributed by atoms with Crippen LogP contribution in [0.5, 0.6) is 0 Å². The molecule has 8 rings (SSSR count). The number of aryl methyl sites for hydroxylation is 2. The minimum Gasteiger partial charge on any atom is -0.478 e. The number of hydrogen-bond acceptors (Lipinski definition) is 2. The SMILES string of the molecule is Cc1ccc2c(c1)C(C)(C)c1cc(N(c3ccc(-c4ccc(C(=O)O)cc4)cc3)c3ccc4c(c3)C(C)(C)c3cc(C)ccc3-4)ccc1-2. The van der Waals surface area contributed by atoms with Gasteiger partial charge in [0.15, 0.2) is 0 Å². The first-order valence-electron chi connectivity index (χ1n) is 16.7. The predicted octanol–water partition coefficient (Wildman–Crippen LogP) is 11.8. The van der Waals surface area contributed by atoms with Gasteiger partial charge in [0, 0.05) is 27.9 Å².